The van der Waals surface area contributed by atoms with E-state index in [1.54, 1.807) is 0 Å². The summed E-state index contributed by atoms with van der Waals surface area (Å²) in [7, 11) is 0. The Bertz CT molecular complexity index is 529. The van der Waals surface area contributed by atoms with E-state index < -0.39 is 0 Å². The Hall–Kier alpha value is -1.81. The molecule has 1 atom stereocenters. The lowest BCUT2D eigenvalue weighted by Crippen LogP contribution is -2.15. The maximum Gasteiger partial charge on any atom is 0.119 e. The van der Waals surface area contributed by atoms with Crippen LogP contribution in [-0.4, -0.2) is 22.1 Å². The lowest BCUT2D eigenvalue weighted by molar-refractivity contribution is 0.242. The average molecular weight is 273 g/mol. The summed E-state index contributed by atoms with van der Waals surface area (Å²) in [4.78, 5) is 7.73. The fourth-order valence-corrected chi connectivity index (χ4v) is 1.99. The second-order valence-corrected chi connectivity index (χ2v) is 5.45. The summed E-state index contributed by atoms with van der Waals surface area (Å²) in [5.74, 6) is 1.88. The number of imidazole rings is 1. The van der Waals surface area contributed by atoms with E-state index >= 15 is 0 Å². The van der Waals surface area contributed by atoms with E-state index in [0.717, 1.165) is 35.7 Å². The van der Waals surface area contributed by atoms with Gasteiger partial charge in [0.05, 0.1) is 18.0 Å². The van der Waals surface area contributed by atoms with E-state index in [2.05, 4.69) is 9.97 Å². The van der Waals surface area contributed by atoms with Crippen molar-refractivity contribution in [2.45, 2.75) is 45.8 Å². The molecule has 1 aromatic heterocycles. The molecule has 4 nitrogen and oxygen atoms in total. The molecule has 1 heterocycles. The molecule has 3 N–H and O–H groups in total. The number of nitrogens with one attached hydrogen (secondary N) is 1. The molecule has 0 fully saturated rings. The zero-order chi connectivity index (χ0) is 14.5. The Labute approximate surface area is 120 Å². The zero-order valence-electron chi connectivity index (χ0n) is 12.4. The molecule has 0 spiro atoms. The summed E-state index contributed by atoms with van der Waals surface area (Å²) in [5.41, 5.74) is 7.90. The number of ether oxygens (including phenoxy) is 1. The monoisotopic (exact) mass is 273 g/mol. The molecule has 108 valence electrons. The van der Waals surface area contributed by atoms with Crippen molar-refractivity contribution in [1.82, 2.24) is 9.97 Å². The lowest BCUT2D eigenvalue weighted by atomic mass is 10.1. The highest BCUT2D eigenvalue weighted by atomic mass is 16.5. The number of H-pyrrole nitrogens is 1. The summed E-state index contributed by atoms with van der Waals surface area (Å²) < 4.78 is 5.64. The van der Waals surface area contributed by atoms with Crippen molar-refractivity contribution in [3.63, 3.8) is 0 Å². The molecule has 2 rings (SSSR count). The standard InChI is InChI=1S/C16H23N3O/c1-11(2)20-14-7-5-13(6-8-14)15-10-18-16(19-15)9-4-12(3)17/h5-8,10-12H,4,9,17H2,1-3H3,(H,18,19). The smallest absolute Gasteiger partial charge is 0.119 e. The predicted octanol–water partition coefficient (Wildman–Crippen LogP) is 3.14. The van der Waals surface area contributed by atoms with Crippen molar-refractivity contribution in [1.29, 1.82) is 0 Å². The van der Waals surface area contributed by atoms with Crippen molar-refractivity contribution in [3.05, 3.63) is 36.3 Å². The molecule has 0 radical (unpaired) electrons. The topological polar surface area (TPSA) is 63.9 Å². The molecule has 0 bridgehead atoms. The van der Waals surface area contributed by atoms with Gasteiger partial charge >= 0.3 is 0 Å². The molecule has 0 aliphatic rings. The van der Waals surface area contributed by atoms with Crippen LogP contribution in [-0.2, 0) is 6.42 Å². The van der Waals surface area contributed by atoms with Crippen LogP contribution >= 0.6 is 0 Å². The third-order valence-electron chi connectivity index (χ3n) is 3.00. The summed E-state index contributed by atoms with van der Waals surface area (Å²) >= 11 is 0. The lowest BCUT2D eigenvalue weighted by Gasteiger charge is -2.09. The highest BCUT2D eigenvalue weighted by Crippen LogP contribution is 2.21. The quantitative estimate of drug-likeness (QED) is 0.849. The van der Waals surface area contributed by atoms with Crippen LogP contribution in [0.4, 0.5) is 0 Å². The largest absolute Gasteiger partial charge is 0.491 e. The predicted molar refractivity (Wildman–Crippen MR) is 81.8 cm³/mol. The Morgan fingerprint density at radius 1 is 1.20 bits per heavy atom. The van der Waals surface area contributed by atoms with Gasteiger partial charge in [0.25, 0.3) is 0 Å². The fraction of sp³-hybridized carbons (Fsp3) is 0.438. The van der Waals surface area contributed by atoms with Gasteiger partial charge in [0, 0.05) is 12.5 Å². The highest BCUT2D eigenvalue weighted by molar-refractivity contribution is 5.59. The first-order chi connectivity index (χ1) is 9.54. The number of nitrogens with two attached hydrogens (primary N) is 1. The Kier molecular flexibility index (Phi) is 4.79. The van der Waals surface area contributed by atoms with E-state index in [1.165, 1.54) is 0 Å². The number of rotatable bonds is 6. The van der Waals surface area contributed by atoms with E-state index in [1.807, 2.05) is 51.2 Å². The number of benzene rings is 1. The normalized spacial score (nSPS) is 12.7. The maximum atomic E-state index is 5.76. The van der Waals surface area contributed by atoms with Crippen LogP contribution in [0.15, 0.2) is 30.5 Å². The minimum atomic E-state index is 0.192. The molecule has 1 unspecified atom stereocenters. The molecule has 2 aromatic rings. The zero-order valence-corrected chi connectivity index (χ0v) is 12.4. The first-order valence-corrected chi connectivity index (χ1v) is 7.11. The van der Waals surface area contributed by atoms with Crippen molar-refractivity contribution < 1.29 is 4.74 Å². The summed E-state index contributed by atoms with van der Waals surface area (Å²) in [6, 6.07) is 8.26. The number of hydrogen-bond donors (Lipinski definition) is 2. The van der Waals surface area contributed by atoms with Crippen molar-refractivity contribution >= 4 is 0 Å². The van der Waals surface area contributed by atoms with Gasteiger partial charge in [-0.3, -0.25) is 0 Å². The second-order valence-electron chi connectivity index (χ2n) is 5.45. The minimum absolute atomic E-state index is 0.192. The Morgan fingerprint density at radius 2 is 1.90 bits per heavy atom. The first-order valence-electron chi connectivity index (χ1n) is 7.11. The van der Waals surface area contributed by atoms with Crippen LogP contribution in [0.5, 0.6) is 5.75 Å². The summed E-state index contributed by atoms with van der Waals surface area (Å²) in [6.07, 6.45) is 3.88. The van der Waals surface area contributed by atoms with Crippen LogP contribution in [0, 0.1) is 0 Å². The Balaban J connectivity index is 2.04. The number of aryl methyl sites for hydroxylation is 1. The van der Waals surface area contributed by atoms with Crippen LogP contribution in [0.2, 0.25) is 0 Å². The van der Waals surface area contributed by atoms with Gasteiger partial charge < -0.3 is 15.5 Å². The molecule has 0 amide bonds. The van der Waals surface area contributed by atoms with E-state index in [0.29, 0.717) is 0 Å². The number of nitrogens with zero attached hydrogens (tertiary/aromatic N) is 1. The molecule has 0 saturated carbocycles. The average Bonchev–Trinajstić information content (AvgIpc) is 2.85. The molecule has 0 saturated heterocycles. The van der Waals surface area contributed by atoms with Gasteiger partial charge in [0.15, 0.2) is 0 Å². The molecule has 0 aliphatic carbocycles. The van der Waals surface area contributed by atoms with Crippen molar-refractivity contribution in [2.24, 2.45) is 5.73 Å². The van der Waals surface area contributed by atoms with Gasteiger partial charge in [0.2, 0.25) is 0 Å². The minimum Gasteiger partial charge on any atom is -0.491 e. The van der Waals surface area contributed by atoms with Crippen molar-refractivity contribution in [3.8, 4) is 17.0 Å². The molecule has 0 aliphatic heterocycles. The second kappa shape index (κ2) is 6.57. The van der Waals surface area contributed by atoms with Crippen LogP contribution in [0.1, 0.15) is 33.0 Å². The fourth-order valence-electron chi connectivity index (χ4n) is 1.99. The van der Waals surface area contributed by atoms with Gasteiger partial charge in [-0.25, -0.2) is 4.98 Å². The molecule has 20 heavy (non-hydrogen) atoms. The van der Waals surface area contributed by atoms with Crippen molar-refractivity contribution in [2.75, 3.05) is 0 Å². The highest BCUT2D eigenvalue weighted by Gasteiger charge is 2.05. The van der Waals surface area contributed by atoms with E-state index in [9.17, 15) is 0 Å². The SMILES string of the molecule is CC(N)CCc1ncc(-c2ccc(OC(C)C)cc2)[nH]1. The van der Waals surface area contributed by atoms with E-state index in [-0.39, 0.29) is 12.1 Å². The third kappa shape index (κ3) is 4.10. The van der Waals surface area contributed by atoms with Gasteiger partial charge in [-0.15, -0.1) is 0 Å². The van der Waals surface area contributed by atoms with Gasteiger partial charge in [0.1, 0.15) is 11.6 Å². The first kappa shape index (κ1) is 14.6. The molecule has 1 aromatic carbocycles. The summed E-state index contributed by atoms with van der Waals surface area (Å²) in [5, 5.41) is 0. The number of hydrogen-bond acceptors (Lipinski definition) is 3. The summed E-state index contributed by atoms with van der Waals surface area (Å²) in [6.45, 7) is 6.05. The van der Waals surface area contributed by atoms with Gasteiger partial charge in [-0.1, -0.05) is 0 Å². The number of aromatic amines is 1. The third-order valence-corrected chi connectivity index (χ3v) is 3.00. The van der Waals surface area contributed by atoms with Gasteiger partial charge in [-0.05, 0) is 57.0 Å². The van der Waals surface area contributed by atoms with Crippen LogP contribution in [0.25, 0.3) is 11.3 Å². The van der Waals surface area contributed by atoms with Crippen LogP contribution < -0.4 is 10.5 Å². The molecular formula is C16H23N3O. The molecule has 4 heteroatoms. The Morgan fingerprint density at radius 3 is 2.50 bits per heavy atom. The maximum absolute atomic E-state index is 5.76. The van der Waals surface area contributed by atoms with Crippen LogP contribution in [0.3, 0.4) is 0 Å². The molecular weight excluding hydrogens is 250 g/mol. The van der Waals surface area contributed by atoms with Gasteiger partial charge in [-0.2, -0.15) is 0 Å². The van der Waals surface area contributed by atoms with E-state index in [4.69, 9.17) is 10.5 Å². The number of aromatic nitrogens is 2.